The first kappa shape index (κ1) is 15.7. The van der Waals surface area contributed by atoms with Gasteiger partial charge < -0.3 is 16.0 Å². The van der Waals surface area contributed by atoms with Gasteiger partial charge in [-0.05, 0) is 32.2 Å². The monoisotopic (exact) mass is 294 g/mol. The van der Waals surface area contributed by atoms with Crippen molar-refractivity contribution in [3.05, 3.63) is 24.0 Å². The molecule has 21 heavy (non-hydrogen) atoms. The molecule has 0 aliphatic carbocycles. The molecule has 116 valence electrons. The molecule has 0 saturated carbocycles. The van der Waals surface area contributed by atoms with Gasteiger partial charge in [-0.2, -0.15) is 0 Å². The van der Waals surface area contributed by atoms with Crippen LogP contribution in [0, 0.1) is 5.82 Å². The highest BCUT2D eigenvalue weighted by atomic mass is 19.1. The second-order valence-corrected chi connectivity index (χ2v) is 5.68. The average Bonchev–Trinajstić information content (AvgIpc) is 2.41. The number of carbonyl (C=O) groups is 1. The Morgan fingerprint density at radius 1 is 1.48 bits per heavy atom. The molecule has 1 aliphatic rings. The zero-order valence-electron chi connectivity index (χ0n) is 12.6. The Morgan fingerprint density at radius 3 is 2.90 bits per heavy atom. The standard InChI is InChI=1S/C15H23FN4O/c1-11-10-19(2)7-8-20(11)6-5-15(21)18-14-4-3-12(16)9-13(14)17/h3-4,9,11H,5-8,10,17H2,1-2H3,(H,18,21). The number of hydrogen-bond acceptors (Lipinski definition) is 4. The van der Waals surface area contributed by atoms with Crippen LogP contribution in [0.4, 0.5) is 15.8 Å². The summed E-state index contributed by atoms with van der Waals surface area (Å²) in [4.78, 5) is 16.6. The molecule has 0 spiro atoms. The molecule has 0 bridgehead atoms. The number of nitrogens with one attached hydrogen (secondary N) is 1. The maximum Gasteiger partial charge on any atom is 0.225 e. The average molecular weight is 294 g/mol. The predicted octanol–water partition coefficient (Wildman–Crippen LogP) is 1.37. The van der Waals surface area contributed by atoms with Crippen molar-refractivity contribution in [1.29, 1.82) is 0 Å². The minimum Gasteiger partial charge on any atom is -0.397 e. The van der Waals surface area contributed by atoms with E-state index in [-0.39, 0.29) is 11.6 Å². The largest absolute Gasteiger partial charge is 0.397 e. The van der Waals surface area contributed by atoms with Crippen molar-refractivity contribution in [3.63, 3.8) is 0 Å². The van der Waals surface area contributed by atoms with Crippen LogP contribution in [0.15, 0.2) is 18.2 Å². The van der Waals surface area contributed by atoms with Crippen LogP contribution in [0.2, 0.25) is 0 Å². The number of benzene rings is 1. The molecule has 1 heterocycles. The fraction of sp³-hybridized carbons (Fsp3) is 0.533. The summed E-state index contributed by atoms with van der Waals surface area (Å²) in [6.07, 6.45) is 0.408. The summed E-state index contributed by atoms with van der Waals surface area (Å²) in [6, 6.07) is 4.43. The van der Waals surface area contributed by atoms with Crippen molar-refractivity contribution in [2.24, 2.45) is 0 Å². The molecule has 1 fully saturated rings. The zero-order valence-corrected chi connectivity index (χ0v) is 12.6. The lowest BCUT2D eigenvalue weighted by molar-refractivity contribution is -0.116. The molecule has 1 aromatic carbocycles. The predicted molar refractivity (Wildman–Crippen MR) is 82.6 cm³/mol. The summed E-state index contributed by atoms with van der Waals surface area (Å²) in [5, 5.41) is 2.73. The summed E-state index contributed by atoms with van der Waals surface area (Å²) < 4.78 is 12.9. The first-order valence-corrected chi connectivity index (χ1v) is 7.23. The Bertz CT molecular complexity index is 508. The number of nitrogen functional groups attached to an aromatic ring is 1. The number of piperazine rings is 1. The van der Waals surface area contributed by atoms with Crippen molar-refractivity contribution in [2.45, 2.75) is 19.4 Å². The van der Waals surface area contributed by atoms with Crippen LogP contribution in [0.25, 0.3) is 0 Å². The third-order valence-corrected chi connectivity index (χ3v) is 3.88. The Morgan fingerprint density at radius 2 is 2.24 bits per heavy atom. The Labute approximate surface area is 124 Å². The fourth-order valence-corrected chi connectivity index (χ4v) is 2.61. The minimum atomic E-state index is -0.406. The van der Waals surface area contributed by atoms with Gasteiger partial charge in [-0.1, -0.05) is 0 Å². The van der Waals surface area contributed by atoms with Gasteiger partial charge >= 0.3 is 0 Å². The molecule has 1 aromatic rings. The molecular weight excluding hydrogens is 271 g/mol. The maximum atomic E-state index is 12.9. The number of nitrogens with zero attached hydrogens (tertiary/aromatic N) is 2. The molecule has 1 saturated heterocycles. The van der Waals surface area contributed by atoms with E-state index in [1.54, 1.807) is 0 Å². The SMILES string of the molecule is CC1CN(C)CCN1CCC(=O)Nc1ccc(F)cc1N. The summed E-state index contributed by atoms with van der Waals surface area (Å²) in [5.41, 5.74) is 6.39. The second kappa shape index (κ2) is 6.87. The van der Waals surface area contributed by atoms with Gasteiger partial charge in [0.2, 0.25) is 5.91 Å². The summed E-state index contributed by atoms with van der Waals surface area (Å²) in [5.74, 6) is -0.504. The highest BCUT2D eigenvalue weighted by Gasteiger charge is 2.21. The molecule has 2 rings (SSSR count). The molecule has 5 nitrogen and oxygen atoms in total. The van der Waals surface area contributed by atoms with Crippen molar-refractivity contribution in [1.82, 2.24) is 9.80 Å². The van der Waals surface area contributed by atoms with E-state index in [1.807, 2.05) is 0 Å². The lowest BCUT2D eigenvalue weighted by Gasteiger charge is -2.38. The lowest BCUT2D eigenvalue weighted by atomic mass is 10.2. The quantitative estimate of drug-likeness (QED) is 0.824. The lowest BCUT2D eigenvalue weighted by Crippen LogP contribution is -2.50. The summed E-state index contributed by atoms with van der Waals surface area (Å²) >= 11 is 0. The maximum absolute atomic E-state index is 12.9. The van der Waals surface area contributed by atoms with E-state index >= 15 is 0 Å². The molecule has 1 unspecified atom stereocenters. The van der Waals surface area contributed by atoms with Crippen molar-refractivity contribution < 1.29 is 9.18 Å². The van der Waals surface area contributed by atoms with Gasteiger partial charge in [0.25, 0.3) is 0 Å². The van der Waals surface area contributed by atoms with E-state index in [1.165, 1.54) is 18.2 Å². The fourth-order valence-electron chi connectivity index (χ4n) is 2.61. The van der Waals surface area contributed by atoms with E-state index in [2.05, 4.69) is 29.1 Å². The van der Waals surface area contributed by atoms with Crippen LogP contribution in [0.5, 0.6) is 0 Å². The molecule has 0 radical (unpaired) electrons. The van der Waals surface area contributed by atoms with Gasteiger partial charge in [-0.3, -0.25) is 9.69 Å². The van der Waals surface area contributed by atoms with Gasteiger partial charge in [0.15, 0.2) is 0 Å². The minimum absolute atomic E-state index is 0.0977. The van der Waals surface area contributed by atoms with Crippen LogP contribution < -0.4 is 11.1 Å². The van der Waals surface area contributed by atoms with Gasteiger partial charge in [0.1, 0.15) is 5.82 Å². The molecule has 3 N–H and O–H groups in total. The third kappa shape index (κ3) is 4.41. The molecule has 0 aromatic heterocycles. The van der Waals surface area contributed by atoms with Crippen LogP contribution in [-0.4, -0.2) is 55.0 Å². The topological polar surface area (TPSA) is 61.6 Å². The zero-order chi connectivity index (χ0) is 15.4. The van der Waals surface area contributed by atoms with Crippen LogP contribution in [-0.2, 0) is 4.79 Å². The van der Waals surface area contributed by atoms with E-state index in [9.17, 15) is 9.18 Å². The van der Waals surface area contributed by atoms with Crippen LogP contribution >= 0.6 is 0 Å². The molecular formula is C15H23FN4O. The van der Waals surface area contributed by atoms with Crippen LogP contribution in [0.1, 0.15) is 13.3 Å². The first-order valence-electron chi connectivity index (χ1n) is 7.23. The summed E-state index contributed by atoms with van der Waals surface area (Å²) in [7, 11) is 2.11. The number of amides is 1. The number of nitrogens with two attached hydrogens (primary N) is 1. The van der Waals surface area contributed by atoms with E-state index in [0.29, 0.717) is 18.2 Å². The van der Waals surface area contributed by atoms with Crippen molar-refractivity contribution in [2.75, 3.05) is 44.3 Å². The first-order chi connectivity index (χ1) is 9.95. The molecule has 6 heteroatoms. The summed E-state index contributed by atoms with van der Waals surface area (Å²) in [6.45, 7) is 5.92. The van der Waals surface area contributed by atoms with Crippen LogP contribution in [0.3, 0.4) is 0 Å². The van der Waals surface area contributed by atoms with Crippen molar-refractivity contribution in [3.8, 4) is 0 Å². The smallest absolute Gasteiger partial charge is 0.225 e. The van der Waals surface area contributed by atoms with E-state index < -0.39 is 5.82 Å². The number of carbonyl (C=O) groups excluding carboxylic acids is 1. The Kier molecular flexibility index (Phi) is 5.14. The van der Waals surface area contributed by atoms with E-state index in [4.69, 9.17) is 5.73 Å². The number of rotatable bonds is 4. The van der Waals surface area contributed by atoms with Crippen molar-refractivity contribution >= 4 is 17.3 Å². The molecule has 1 amide bonds. The van der Waals surface area contributed by atoms with Gasteiger partial charge in [0, 0.05) is 38.6 Å². The van der Waals surface area contributed by atoms with Gasteiger partial charge in [-0.15, -0.1) is 0 Å². The normalized spacial score (nSPS) is 20.4. The molecule has 1 atom stereocenters. The number of anilines is 2. The molecule has 1 aliphatic heterocycles. The third-order valence-electron chi connectivity index (χ3n) is 3.88. The Hall–Kier alpha value is -1.66. The second-order valence-electron chi connectivity index (χ2n) is 5.68. The van der Waals surface area contributed by atoms with E-state index in [0.717, 1.165) is 26.2 Å². The number of likely N-dealkylation sites (N-methyl/N-ethyl adjacent to an activating group) is 1. The number of halogens is 1. The number of hydrogen-bond donors (Lipinski definition) is 2. The highest BCUT2D eigenvalue weighted by Crippen LogP contribution is 2.19. The highest BCUT2D eigenvalue weighted by molar-refractivity contribution is 5.93. The van der Waals surface area contributed by atoms with Gasteiger partial charge in [0.05, 0.1) is 11.4 Å². The van der Waals surface area contributed by atoms with Gasteiger partial charge in [-0.25, -0.2) is 4.39 Å². The Balaban J connectivity index is 1.82.